The molecule has 0 saturated heterocycles. The van der Waals surface area contributed by atoms with Gasteiger partial charge in [0.15, 0.2) is 6.29 Å². The summed E-state index contributed by atoms with van der Waals surface area (Å²) in [4.78, 5) is 22.0. The van der Waals surface area contributed by atoms with Gasteiger partial charge in [0.25, 0.3) is 0 Å². The number of aliphatic hydroxyl groups is 1. The zero-order valence-corrected chi connectivity index (χ0v) is 10.5. The number of fused-ring (bicyclic) bond motifs is 1. The minimum Gasteiger partial charge on any atom is -0.400 e. The number of aliphatic hydroxyl groups excluding tert-OH is 1. The van der Waals surface area contributed by atoms with E-state index in [0.29, 0.717) is 17.8 Å². The fraction of sp³-hybridized carbons (Fsp3) is 0.200. The Morgan fingerprint density at radius 1 is 1.22 bits per heavy atom. The second-order valence-corrected chi connectivity index (χ2v) is 3.87. The maximum atomic E-state index is 11.5. The molecule has 0 amide bonds. The van der Waals surface area contributed by atoms with Gasteiger partial charge < -0.3 is 5.11 Å². The van der Waals surface area contributed by atoms with E-state index in [9.17, 15) is 9.59 Å². The molecule has 3 nitrogen and oxygen atoms in total. The maximum absolute atomic E-state index is 11.5. The summed E-state index contributed by atoms with van der Waals surface area (Å²) in [6.07, 6.45) is 8.35. The van der Waals surface area contributed by atoms with E-state index < -0.39 is 5.78 Å². The fourth-order valence-corrected chi connectivity index (χ4v) is 1.76. The van der Waals surface area contributed by atoms with Crippen LogP contribution in [0.3, 0.4) is 0 Å². The third-order valence-corrected chi connectivity index (χ3v) is 2.66. The number of rotatable bonds is 2. The van der Waals surface area contributed by atoms with Gasteiger partial charge in [0, 0.05) is 12.7 Å². The predicted molar refractivity (Wildman–Crippen MR) is 72.2 cm³/mol. The summed E-state index contributed by atoms with van der Waals surface area (Å²) in [6.45, 7) is 2.07. The molecule has 0 aromatic heterocycles. The molecule has 94 valence electrons. The highest BCUT2D eigenvalue weighted by molar-refractivity contribution is 6.34. The van der Waals surface area contributed by atoms with Crippen molar-refractivity contribution in [3.8, 4) is 0 Å². The van der Waals surface area contributed by atoms with Gasteiger partial charge in [-0.1, -0.05) is 49.4 Å². The number of carbonyl (C=O) groups excluding carboxylic acids is 2. The molecule has 1 aliphatic rings. The lowest BCUT2D eigenvalue weighted by Gasteiger charge is -2.04. The summed E-state index contributed by atoms with van der Waals surface area (Å²) in [7, 11) is 1.00. The van der Waals surface area contributed by atoms with Crippen LogP contribution in [-0.4, -0.2) is 24.3 Å². The number of hydrogen-bond acceptors (Lipinski definition) is 3. The average molecular weight is 244 g/mol. The minimum atomic E-state index is -0.468. The van der Waals surface area contributed by atoms with Crippen LogP contribution in [-0.2, 0) is 4.79 Å². The Hall–Kier alpha value is -2.00. The average Bonchev–Trinajstić information content (AvgIpc) is 2.62. The van der Waals surface area contributed by atoms with E-state index in [4.69, 9.17) is 5.11 Å². The quantitative estimate of drug-likeness (QED) is 0.493. The molecule has 1 atom stereocenters. The molecule has 0 fully saturated rings. The van der Waals surface area contributed by atoms with Crippen molar-refractivity contribution in [3.05, 3.63) is 47.0 Å². The Bertz CT molecular complexity index is 498. The Morgan fingerprint density at radius 3 is 2.56 bits per heavy atom. The standard InChI is InChI=1S/C14H12O2.CH4O/c1-10-5-7-11-3-2-4-13(14(16)9-15)12(11)8-6-10;1-2/h2-10H,1H3;2H,1H3. The van der Waals surface area contributed by atoms with Crippen molar-refractivity contribution in [2.75, 3.05) is 7.11 Å². The van der Waals surface area contributed by atoms with Gasteiger partial charge >= 0.3 is 0 Å². The van der Waals surface area contributed by atoms with E-state index >= 15 is 0 Å². The largest absolute Gasteiger partial charge is 0.400 e. The maximum Gasteiger partial charge on any atom is 0.225 e. The highest BCUT2D eigenvalue weighted by atomic mass is 16.2. The first-order chi connectivity index (χ1) is 8.72. The number of Topliss-reactive ketones (excluding diaryl/α,β-unsaturated/α-hetero) is 1. The summed E-state index contributed by atoms with van der Waals surface area (Å²) in [5.74, 6) is -0.129. The fourth-order valence-electron chi connectivity index (χ4n) is 1.76. The molecule has 1 N–H and O–H groups in total. The smallest absolute Gasteiger partial charge is 0.225 e. The zero-order chi connectivity index (χ0) is 13.5. The van der Waals surface area contributed by atoms with Crippen molar-refractivity contribution < 1.29 is 14.7 Å². The lowest BCUT2D eigenvalue weighted by molar-refractivity contribution is -0.104. The Kier molecular flexibility index (Phi) is 5.21. The molecular weight excluding hydrogens is 228 g/mol. The molecular formula is C15H16O3. The Balaban J connectivity index is 0.000000771. The summed E-state index contributed by atoms with van der Waals surface area (Å²) < 4.78 is 0. The molecule has 0 aliphatic heterocycles. The van der Waals surface area contributed by atoms with Crippen LogP contribution in [0.2, 0.25) is 0 Å². The minimum absolute atomic E-state index is 0.339. The van der Waals surface area contributed by atoms with Gasteiger partial charge in [0.2, 0.25) is 5.78 Å². The monoisotopic (exact) mass is 244 g/mol. The van der Waals surface area contributed by atoms with Crippen LogP contribution in [0.1, 0.15) is 28.4 Å². The van der Waals surface area contributed by atoms with Gasteiger partial charge in [-0.3, -0.25) is 9.59 Å². The van der Waals surface area contributed by atoms with Crippen LogP contribution in [0.4, 0.5) is 0 Å². The molecule has 0 saturated carbocycles. The van der Waals surface area contributed by atoms with Crippen LogP contribution in [0.15, 0.2) is 30.4 Å². The predicted octanol–water partition coefficient (Wildman–Crippen LogP) is 2.35. The molecule has 1 aliphatic carbocycles. The third kappa shape index (κ3) is 3.02. The van der Waals surface area contributed by atoms with Crippen molar-refractivity contribution in [1.29, 1.82) is 0 Å². The van der Waals surface area contributed by atoms with Crippen LogP contribution >= 0.6 is 0 Å². The summed E-state index contributed by atoms with van der Waals surface area (Å²) in [5, 5.41) is 7.00. The van der Waals surface area contributed by atoms with E-state index in [2.05, 4.69) is 13.0 Å². The SMILES string of the molecule is CC1C=Cc2cccc(C(=O)C=O)c2C=C1.CO. The van der Waals surface area contributed by atoms with Crippen molar-refractivity contribution in [2.24, 2.45) is 5.92 Å². The van der Waals surface area contributed by atoms with Gasteiger partial charge in [-0.05, 0) is 17.0 Å². The lowest BCUT2D eigenvalue weighted by Crippen LogP contribution is -2.03. The van der Waals surface area contributed by atoms with E-state index in [1.165, 1.54) is 0 Å². The molecule has 0 spiro atoms. The Morgan fingerprint density at radius 2 is 1.89 bits per heavy atom. The van der Waals surface area contributed by atoms with Crippen LogP contribution < -0.4 is 0 Å². The van der Waals surface area contributed by atoms with E-state index in [1.807, 2.05) is 24.3 Å². The van der Waals surface area contributed by atoms with Crippen molar-refractivity contribution in [3.63, 3.8) is 0 Å². The number of ketones is 1. The van der Waals surface area contributed by atoms with Gasteiger partial charge in [0.1, 0.15) is 0 Å². The normalized spacial score (nSPS) is 16.1. The van der Waals surface area contributed by atoms with E-state index in [0.717, 1.165) is 18.2 Å². The molecule has 1 unspecified atom stereocenters. The van der Waals surface area contributed by atoms with Gasteiger partial charge in [-0.25, -0.2) is 0 Å². The summed E-state index contributed by atoms with van der Waals surface area (Å²) in [6, 6.07) is 5.42. The summed E-state index contributed by atoms with van der Waals surface area (Å²) in [5.41, 5.74) is 2.29. The number of carbonyl (C=O) groups is 2. The molecule has 0 heterocycles. The number of allylic oxidation sites excluding steroid dienone is 2. The van der Waals surface area contributed by atoms with Crippen molar-refractivity contribution in [1.82, 2.24) is 0 Å². The van der Waals surface area contributed by atoms with Crippen LogP contribution in [0.25, 0.3) is 12.2 Å². The summed E-state index contributed by atoms with van der Waals surface area (Å²) >= 11 is 0. The Labute approximate surface area is 106 Å². The third-order valence-electron chi connectivity index (χ3n) is 2.66. The first-order valence-electron chi connectivity index (χ1n) is 5.66. The van der Waals surface area contributed by atoms with E-state index in [-0.39, 0.29) is 0 Å². The first-order valence-corrected chi connectivity index (χ1v) is 5.66. The molecule has 1 aromatic rings. The highest BCUT2D eigenvalue weighted by Crippen LogP contribution is 2.23. The first kappa shape index (κ1) is 14.1. The molecule has 2 rings (SSSR count). The van der Waals surface area contributed by atoms with Crippen molar-refractivity contribution >= 4 is 24.2 Å². The van der Waals surface area contributed by atoms with E-state index in [1.54, 1.807) is 12.1 Å². The van der Waals surface area contributed by atoms with Crippen molar-refractivity contribution in [2.45, 2.75) is 6.92 Å². The number of hydrogen-bond donors (Lipinski definition) is 1. The second kappa shape index (κ2) is 6.67. The number of aldehydes is 1. The van der Waals surface area contributed by atoms with Gasteiger partial charge in [-0.2, -0.15) is 0 Å². The zero-order valence-electron chi connectivity index (χ0n) is 10.5. The van der Waals surface area contributed by atoms with Crippen LogP contribution in [0.5, 0.6) is 0 Å². The molecule has 0 bridgehead atoms. The van der Waals surface area contributed by atoms with Gasteiger partial charge in [-0.15, -0.1) is 0 Å². The van der Waals surface area contributed by atoms with Crippen LogP contribution in [0, 0.1) is 5.92 Å². The lowest BCUT2D eigenvalue weighted by atomic mass is 9.98. The molecule has 18 heavy (non-hydrogen) atoms. The highest BCUT2D eigenvalue weighted by Gasteiger charge is 2.12. The molecule has 3 heteroatoms. The number of benzene rings is 1. The molecule has 1 aromatic carbocycles. The molecule has 0 radical (unpaired) electrons. The van der Waals surface area contributed by atoms with Gasteiger partial charge in [0.05, 0.1) is 0 Å². The second-order valence-electron chi connectivity index (χ2n) is 3.87. The topological polar surface area (TPSA) is 54.4 Å².